The van der Waals surface area contributed by atoms with E-state index in [-0.39, 0.29) is 7.11 Å². The molecule has 2 unspecified atom stereocenters. The molecule has 2 atom stereocenters. The zero-order valence-corrected chi connectivity index (χ0v) is 17.4. The molecule has 5 rings (SSSR count). The lowest BCUT2D eigenvalue weighted by molar-refractivity contribution is 0.174. The molecule has 2 aliphatic heterocycles. The van der Waals surface area contributed by atoms with E-state index in [1.807, 2.05) is 6.07 Å². The highest BCUT2D eigenvalue weighted by Gasteiger charge is 2.32. The van der Waals surface area contributed by atoms with Crippen molar-refractivity contribution in [1.82, 2.24) is 14.8 Å². The molecule has 0 bridgehead atoms. The smallest absolute Gasteiger partial charge is 0.246 e. The number of aromatic nitrogens is 3. The van der Waals surface area contributed by atoms with Crippen molar-refractivity contribution in [3.05, 3.63) is 59.9 Å². The van der Waals surface area contributed by atoms with E-state index in [9.17, 15) is 8.78 Å². The Morgan fingerprint density at radius 1 is 1.03 bits per heavy atom. The summed E-state index contributed by atoms with van der Waals surface area (Å²) in [6, 6.07) is 9.58. The number of halogens is 2. The van der Waals surface area contributed by atoms with Gasteiger partial charge in [0.1, 0.15) is 18.0 Å². The summed E-state index contributed by atoms with van der Waals surface area (Å²) in [5, 5.41) is 7.53. The summed E-state index contributed by atoms with van der Waals surface area (Å²) in [6.45, 7) is 5.94. The van der Waals surface area contributed by atoms with Crippen LogP contribution in [0.5, 0.6) is 0 Å². The van der Waals surface area contributed by atoms with Gasteiger partial charge in [-0.25, -0.2) is 13.5 Å². The summed E-state index contributed by atoms with van der Waals surface area (Å²) in [5.41, 5.74) is 3.47. The van der Waals surface area contributed by atoms with E-state index in [4.69, 9.17) is 4.74 Å². The highest BCUT2D eigenvalue weighted by Crippen LogP contribution is 2.34. The largest absolute Gasteiger partial charge is 0.381 e. The molecule has 3 heterocycles. The van der Waals surface area contributed by atoms with Gasteiger partial charge in [-0.1, -0.05) is 0 Å². The van der Waals surface area contributed by atoms with E-state index in [0.717, 1.165) is 43.6 Å². The Bertz CT molecular complexity index is 1070. The second kappa shape index (κ2) is 8.26. The van der Waals surface area contributed by atoms with Gasteiger partial charge in [0.15, 0.2) is 0 Å². The molecule has 164 valence electrons. The maximum atomic E-state index is 13.5. The number of anilines is 3. The van der Waals surface area contributed by atoms with Crippen molar-refractivity contribution in [2.24, 2.45) is 11.8 Å². The molecule has 0 radical (unpaired) electrons. The standard InChI is InChI=1S/C23H25F2N5O.H2/c1-15-6-20(11-21(7-15)29-4-2-16(12-29)17-3-5-31-13-17)27-23-26-14-30(28-23)22-9-18(24)8-19(25)10-22;/h6-11,14,16-17H,2-5,12-13H2,1H3,(H,27,28);1H. The third-order valence-corrected chi connectivity index (χ3v) is 6.14. The fourth-order valence-electron chi connectivity index (χ4n) is 4.59. The van der Waals surface area contributed by atoms with Gasteiger partial charge in [0, 0.05) is 45.2 Å². The second-order valence-electron chi connectivity index (χ2n) is 8.44. The summed E-state index contributed by atoms with van der Waals surface area (Å²) in [6.07, 6.45) is 3.80. The molecule has 3 aromatic rings. The van der Waals surface area contributed by atoms with Gasteiger partial charge in [-0.05, 0) is 67.5 Å². The maximum Gasteiger partial charge on any atom is 0.246 e. The molecule has 2 aromatic carbocycles. The van der Waals surface area contributed by atoms with Crippen molar-refractivity contribution in [2.45, 2.75) is 19.8 Å². The molecule has 1 aromatic heterocycles. The van der Waals surface area contributed by atoms with Gasteiger partial charge in [0.2, 0.25) is 5.95 Å². The molecule has 0 amide bonds. The fraction of sp³-hybridized carbons (Fsp3) is 0.391. The van der Waals surface area contributed by atoms with Gasteiger partial charge < -0.3 is 15.0 Å². The van der Waals surface area contributed by atoms with Gasteiger partial charge >= 0.3 is 0 Å². The van der Waals surface area contributed by atoms with Gasteiger partial charge in [-0.3, -0.25) is 0 Å². The quantitative estimate of drug-likeness (QED) is 0.639. The van der Waals surface area contributed by atoms with Crippen LogP contribution in [0, 0.1) is 30.4 Å². The SMILES string of the molecule is Cc1cc(Nc2ncn(-c3cc(F)cc(F)c3)n2)cc(N2CCC(C3CCOC3)C2)c1.[HH]. The minimum atomic E-state index is -0.656. The first-order valence-electron chi connectivity index (χ1n) is 10.6. The molecule has 2 aliphatic rings. The van der Waals surface area contributed by atoms with Crippen molar-refractivity contribution in [2.75, 3.05) is 36.5 Å². The molecule has 2 fully saturated rings. The first kappa shape index (κ1) is 19.9. The Hall–Kier alpha value is -3.00. The van der Waals surface area contributed by atoms with Crippen LogP contribution in [-0.2, 0) is 4.74 Å². The van der Waals surface area contributed by atoms with Crippen LogP contribution in [0.4, 0.5) is 26.1 Å². The lowest BCUT2D eigenvalue weighted by atomic mass is 9.91. The minimum absolute atomic E-state index is 0. The summed E-state index contributed by atoms with van der Waals surface area (Å²) >= 11 is 0. The number of aryl methyl sites for hydroxylation is 1. The molecule has 0 aliphatic carbocycles. The van der Waals surface area contributed by atoms with Crippen molar-refractivity contribution >= 4 is 17.3 Å². The van der Waals surface area contributed by atoms with Crippen LogP contribution in [0.15, 0.2) is 42.7 Å². The third kappa shape index (κ3) is 4.39. The van der Waals surface area contributed by atoms with E-state index in [0.29, 0.717) is 17.8 Å². The fourth-order valence-corrected chi connectivity index (χ4v) is 4.59. The van der Waals surface area contributed by atoms with Crippen molar-refractivity contribution in [3.63, 3.8) is 0 Å². The molecule has 1 N–H and O–H groups in total. The number of ether oxygens (including phenoxy) is 1. The Morgan fingerprint density at radius 2 is 1.87 bits per heavy atom. The molecule has 31 heavy (non-hydrogen) atoms. The van der Waals surface area contributed by atoms with Crippen LogP contribution >= 0.6 is 0 Å². The van der Waals surface area contributed by atoms with Crippen LogP contribution in [-0.4, -0.2) is 41.1 Å². The van der Waals surface area contributed by atoms with E-state index in [1.54, 1.807) is 0 Å². The minimum Gasteiger partial charge on any atom is -0.381 e. The summed E-state index contributed by atoms with van der Waals surface area (Å²) < 4.78 is 33.9. The number of benzene rings is 2. The van der Waals surface area contributed by atoms with Crippen LogP contribution in [0.3, 0.4) is 0 Å². The van der Waals surface area contributed by atoms with Crippen LogP contribution < -0.4 is 10.2 Å². The zero-order valence-electron chi connectivity index (χ0n) is 17.4. The van der Waals surface area contributed by atoms with Crippen molar-refractivity contribution in [3.8, 4) is 5.69 Å². The zero-order chi connectivity index (χ0) is 21.4. The first-order chi connectivity index (χ1) is 15.0. The van der Waals surface area contributed by atoms with Crippen LogP contribution in [0.1, 0.15) is 19.8 Å². The number of hydrogen-bond acceptors (Lipinski definition) is 5. The van der Waals surface area contributed by atoms with E-state index in [2.05, 4.69) is 39.4 Å². The summed E-state index contributed by atoms with van der Waals surface area (Å²) in [7, 11) is 0. The molecule has 2 saturated heterocycles. The van der Waals surface area contributed by atoms with Gasteiger partial charge in [-0.2, -0.15) is 4.98 Å². The monoisotopic (exact) mass is 427 g/mol. The highest BCUT2D eigenvalue weighted by atomic mass is 19.1. The Kier molecular flexibility index (Phi) is 5.31. The number of hydrogen-bond donors (Lipinski definition) is 1. The Labute approximate surface area is 181 Å². The maximum absolute atomic E-state index is 13.5. The third-order valence-electron chi connectivity index (χ3n) is 6.14. The normalized spacial score (nSPS) is 21.1. The molecular formula is C23H27F2N5O. The number of nitrogens with zero attached hydrogens (tertiary/aromatic N) is 4. The summed E-state index contributed by atoms with van der Waals surface area (Å²) in [5.74, 6) is 0.410. The van der Waals surface area contributed by atoms with Gasteiger partial charge in [0.05, 0.1) is 5.69 Å². The predicted molar refractivity (Wildman–Crippen MR) is 117 cm³/mol. The van der Waals surface area contributed by atoms with Gasteiger partial charge in [0.25, 0.3) is 0 Å². The number of nitrogens with one attached hydrogen (secondary N) is 1. The lowest BCUT2D eigenvalue weighted by Gasteiger charge is -2.22. The molecular weight excluding hydrogens is 400 g/mol. The van der Waals surface area contributed by atoms with Crippen molar-refractivity contribution in [1.29, 1.82) is 0 Å². The molecule has 6 nitrogen and oxygen atoms in total. The number of rotatable bonds is 5. The Balaban J connectivity index is 0.00000245. The predicted octanol–water partition coefficient (Wildman–Crippen LogP) is 4.71. The molecule has 8 heteroatoms. The molecule has 0 saturated carbocycles. The van der Waals surface area contributed by atoms with Gasteiger partial charge in [-0.15, -0.1) is 5.10 Å². The van der Waals surface area contributed by atoms with Crippen molar-refractivity contribution < 1.29 is 14.9 Å². The topological polar surface area (TPSA) is 55.2 Å². The highest BCUT2D eigenvalue weighted by molar-refractivity contribution is 5.64. The Morgan fingerprint density at radius 3 is 2.65 bits per heavy atom. The van der Waals surface area contributed by atoms with E-state index in [1.165, 1.54) is 41.7 Å². The van der Waals surface area contributed by atoms with E-state index < -0.39 is 11.6 Å². The summed E-state index contributed by atoms with van der Waals surface area (Å²) in [4.78, 5) is 6.67. The van der Waals surface area contributed by atoms with Crippen LogP contribution in [0.25, 0.3) is 5.69 Å². The van der Waals surface area contributed by atoms with E-state index >= 15 is 0 Å². The molecule has 0 spiro atoms. The first-order valence-corrected chi connectivity index (χ1v) is 10.6. The second-order valence-corrected chi connectivity index (χ2v) is 8.44. The lowest BCUT2D eigenvalue weighted by Crippen LogP contribution is -2.23. The average molecular weight is 427 g/mol. The average Bonchev–Trinajstić information content (AvgIpc) is 3.48. The van der Waals surface area contributed by atoms with Crippen LogP contribution in [0.2, 0.25) is 0 Å².